The van der Waals surface area contributed by atoms with Crippen LogP contribution in [-0.2, 0) is 9.59 Å². The van der Waals surface area contributed by atoms with Gasteiger partial charge in [0.15, 0.2) is 0 Å². The largest absolute Gasteiger partial charge is 0.495 e. The predicted octanol–water partition coefficient (Wildman–Crippen LogP) is 8.16. The van der Waals surface area contributed by atoms with Crippen molar-refractivity contribution in [2.45, 2.75) is 4.90 Å². The summed E-state index contributed by atoms with van der Waals surface area (Å²) in [5.74, 6) is -0.361. The highest BCUT2D eigenvalue weighted by atomic mass is 35.5. The molecule has 0 aliphatic heterocycles. The number of anilines is 2. The van der Waals surface area contributed by atoms with Gasteiger partial charge in [-0.3, -0.25) is 14.4 Å². The van der Waals surface area contributed by atoms with Gasteiger partial charge in [-0.05, 0) is 77.4 Å². The first-order chi connectivity index (χ1) is 22.4. The third-order valence-electron chi connectivity index (χ3n) is 6.78. The lowest BCUT2D eigenvalue weighted by atomic mass is 10.0. The number of hydrogen-bond acceptors (Lipinski definition) is 5. The fourth-order valence-electron chi connectivity index (χ4n) is 4.43. The van der Waals surface area contributed by atoms with E-state index in [1.165, 1.54) is 18.9 Å². The molecule has 0 bridgehead atoms. The maximum Gasteiger partial charge on any atom is 0.272 e. The normalized spacial score (nSPS) is 11.0. The number of hydrogen-bond donors (Lipinski definition) is 3. The molecule has 9 heteroatoms. The second-order valence-electron chi connectivity index (χ2n) is 10.0. The van der Waals surface area contributed by atoms with Gasteiger partial charge in [0.25, 0.3) is 11.8 Å². The molecule has 0 spiro atoms. The smallest absolute Gasteiger partial charge is 0.272 e. The van der Waals surface area contributed by atoms with E-state index in [0.29, 0.717) is 27.7 Å². The van der Waals surface area contributed by atoms with Gasteiger partial charge in [0.2, 0.25) is 5.91 Å². The average molecular weight is 648 g/mol. The molecule has 0 aliphatic carbocycles. The van der Waals surface area contributed by atoms with E-state index < -0.39 is 11.8 Å². The number of benzene rings is 5. The number of rotatable bonds is 11. The van der Waals surface area contributed by atoms with Crippen molar-refractivity contribution in [3.8, 4) is 16.9 Å². The average Bonchev–Trinajstić information content (AvgIpc) is 3.09. The van der Waals surface area contributed by atoms with Crippen LogP contribution in [0.5, 0.6) is 5.75 Å². The van der Waals surface area contributed by atoms with Crippen molar-refractivity contribution < 1.29 is 19.1 Å². The summed E-state index contributed by atoms with van der Waals surface area (Å²) in [6, 6.07) is 38.6. The summed E-state index contributed by atoms with van der Waals surface area (Å²) >= 11 is 7.49. The van der Waals surface area contributed by atoms with Crippen molar-refractivity contribution in [3.63, 3.8) is 0 Å². The summed E-state index contributed by atoms with van der Waals surface area (Å²) in [7, 11) is 1.53. The third kappa shape index (κ3) is 8.88. The molecule has 0 saturated carbocycles. The number of amides is 3. The number of carbonyl (C=O) groups is 3. The monoisotopic (exact) mass is 647 g/mol. The van der Waals surface area contributed by atoms with Crippen molar-refractivity contribution in [3.05, 3.63) is 149 Å². The van der Waals surface area contributed by atoms with Gasteiger partial charge in [-0.1, -0.05) is 84.4 Å². The Kier molecular flexibility index (Phi) is 10.9. The van der Waals surface area contributed by atoms with Gasteiger partial charge in [0.05, 0.1) is 17.9 Å². The highest BCUT2D eigenvalue weighted by molar-refractivity contribution is 8.00. The summed E-state index contributed by atoms with van der Waals surface area (Å²) in [5, 5.41) is 8.85. The second-order valence-corrected chi connectivity index (χ2v) is 11.5. The van der Waals surface area contributed by atoms with Crippen LogP contribution in [0.2, 0.25) is 5.02 Å². The number of carbonyl (C=O) groups excluding carboxylic acids is 3. The molecule has 0 unspecified atom stereocenters. The standard InChI is InChI=1S/C37H30ClN3O4S/c1-45-34-21-18-30(23-32(34)38)39-35(42)24-46-31-19-16-29(17-20-31)40-37(44)33(41-36(43)28-10-6-3-7-11-28)22-25-12-14-27(15-13-25)26-8-4-2-5-9-26/h2-23H,24H2,1H3,(H,39,42)(H,40,44)(H,41,43)/b33-22-. The molecule has 5 rings (SSSR count). The van der Waals surface area contributed by atoms with E-state index in [0.717, 1.165) is 21.6 Å². The molecule has 0 fully saturated rings. The maximum absolute atomic E-state index is 13.4. The van der Waals surface area contributed by atoms with Gasteiger partial charge < -0.3 is 20.7 Å². The van der Waals surface area contributed by atoms with Gasteiger partial charge in [-0.2, -0.15) is 0 Å². The van der Waals surface area contributed by atoms with Crippen LogP contribution in [-0.4, -0.2) is 30.6 Å². The van der Waals surface area contributed by atoms with Crippen LogP contribution in [0.3, 0.4) is 0 Å². The second kappa shape index (κ2) is 15.6. The minimum atomic E-state index is -0.477. The zero-order valence-electron chi connectivity index (χ0n) is 24.8. The van der Waals surface area contributed by atoms with Crippen LogP contribution in [0.4, 0.5) is 11.4 Å². The topological polar surface area (TPSA) is 96.5 Å². The quantitative estimate of drug-likeness (QED) is 0.0993. The number of thioether (sulfide) groups is 1. The third-order valence-corrected chi connectivity index (χ3v) is 8.08. The van der Waals surface area contributed by atoms with Gasteiger partial charge in [-0.15, -0.1) is 11.8 Å². The van der Waals surface area contributed by atoms with Crippen molar-refractivity contribution >= 4 is 58.5 Å². The lowest BCUT2D eigenvalue weighted by molar-refractivity contribution is -0.114. The van der Waals surface area contributed by atoms with Gasteiger partial charge in [-0.25, -0.2) is 0 Å². The molecular formula is C37H30ClN3O4S. The van der Waals surface area contributed by atoms with E-state index in [9.17, 15) is 14.4 Å². The van der Waals surface area contributed by atoms with E-state index >= 15 is 0 Å². The number of ether oxygens (including phenoxy) is 1. The summed E-state index contributed by atoms with van der Waals surface area (Å²) in [6.45, 7) is 0. The Morgan fingerprint density at radius 1 is 0.739 bits per heavy atom. The Balaban J connectivity index is 1.24. The molecule has 230 valence electrons. The van der Waals surface area contributed by atoms with Gasteiger partial charge in [0, 0.05) is 21.8 Å². The first-order valence-electron chi connectivity index (χ1n) is 14.3. The first kappa shape index (κ1) is 32.1. The van der Waals surface area contributed by atoms with Crippen molar-refractivity contribution in [1.82, 2.24) is 5.32 Å². The van der Waals surface area contributed by atoms with Crippen LogP contribution in [0.25, 0.3) is 17.2 Å². The number of nitrogens with one attached hydrogen (secondary N) is 3. The first-order valence-corrected chi connectivity index (χ1v) is 15.7. The maximum atomic E-state index is 13.4. The highest BCUT2D eigenvalue weighted by Crippen LogP contribution is 2.28. The number of methoxy groups -OCH3 is 1. The van der Waals surface area contributed by atoms with Crippen molar-refractivity contribution in [2.24, 2.45) is 0 Å². The van der Waals surface area contributed by atoms with E-state index in [-0.39, 0.29) is 17.4 Å². The lowest BCUT2D eigenvalue weighted by Gasteiger charge is -2.12. The fourth-order valence-corrected chi connectivity index (χ4v) is 5.39. The van der Waals surface area contributed by atoms with Crippen LogP contribution in [0.1, 0.15) is 15.9 Å². The van der Waals surface area contributed by atoms with E-state index in [4.69, 9.17) is 16.3 Å². The summed E-state index contributed by atoms with van der Waals surface area (Å²) in [6.07, 6.45) is 1.64. The Bertz CT molecular complexity index is 1850. The summed E-state index contributed by atoms with van der Waals surface area (Å²) in [4.78, 5) is 39.7. The lowest BCUT2D eigenvalue weighted by Crippen LogP contribution is -2.30. The minimum absolute atomic E-state index is 0.0927. The summed E-state index contributed by atoms with van der Waals surface area (Å²) < 4.78 is 5.14. The molecule has 3 amide bonds. The van der Waals surface area contributed by atoms with E-state index in [1.54, 1.807) is 60.7 Å². The van der Waals surface area contributed by atoms with Crippen molar-refractivity contribution in [2.75, 3.05) is 23.5 Å². The molecule has 46 heavy (non-hydrogen) atoms. The zero-order chi connectivity index (χ0) is 32.3. The number of halogens is 1. The molecule has 0 heterocycles. The Labute approximate surface area is 276 Å². The van der Waals surface area contributed by atoms with Crippen LogP contribution < -0.4 is 20.7 Å². The van der Waals surface area contributed by atoms with Crippen LogP contribution in [0, 0.1) is 0 Å². The van der Waals surface area contributed by atoms with Crippen LogP contribution >= 0.6 is 23.4 Å². The summed E-state index contributed by atoms with van der Waals surface area (Å²) in [5.41, 5.74) is 4.50. The molecule has 5 aromatic rings. The molecule has 0 radical (unpaired) electrons. The molecule has 3 N–H and O–H groups in total. The van der Waals surface area contributed by atoms with Crippen molar-refractivity contribution in [1.29, 1.82) is 0 Å². The Morgan fingerprint density at radius 3 is 2.02 bits per heavy atom. The van der Waals surface area contributed by atoms with E-state index in [2.05, 4.69) is 16.0 Å². The molecule has 0 aromatic heterocycles. The van der Waals surface area contributed by atoms with E-state index in [1.807, 2.05) is 72.8 Å². The Hall–Kier alpha value is -5.31. The predicted molar refractivity (Wildman–Crippen MR) is 186 cm³/mol. The SMILES string of the molecule is COc1ccc(NC(=O)CSc2ccc(NC(=O)/C(=C/c3ccc(-c4ccccc4)cc3)NC(=O)c3ccccc3)cc2)cc1Cl. The molecule has 5 aromatic carbocycles. The molecular weight excluding hydrogens is 618 g/mol. The molecule has 7 nitrogen and oxygen atoms in total. The molecule has 0 aliphatic rings. The molecule has 0 atom stereocenters. The zero-order valence-corrected chi connectivity index (χ0v) is 26.4. The minimum Gasteiger partial charge on any atom is -0.495 e. The Morgan fingerprint density at radius 2 is 1.37 bits per heavy atom. The fraction of sp³-hybridized carbons (Fsp3) is 0.0541. The van der Waals surface area contributed by atoms with Gasteiger partial charge >= 0.3 is 0 Å². The van der Waals surface area contributed by atoms with Crippen LogP contribution in [0.15, 0.2) is 138 Å². The molecule has 0 saturated heterocycles. The van der Waals surface area contributed by atoms with Gasteiger partial charge in [0.1, 0.15) is 11.4 Å². The highest BCUT2D eigenvalue weighted by Gasteiger charge is 2.15.